The minimum absolute atomic E-state index is 0.0299. The first kappa shape index (κ1) is 18.7. The van der Waals surface area contributed by atoms with Gasteiger partial charge in [0.2, 0.25) is 11.8 Å². The smallest absolute Gasteiger partial charge is 0.248 e. The lowest BCUT2D eigenvalue weighted by Gasteiger charge is -2.30. The molecule has 146 valence electrons. The Morgan fingerprint density at radius 2 is 1.72 bits per heavy atom. The van der Waals surface area contributed by atoms with Crippen molar-refractivity contribution in [1.82, 2.24) is 4.98 Å². The van der Waals surface area contributed by atoms with Crippen LogP contribution in [0.25, 0.3) is 0 Å². The van der Waals surface area contributed by atoms with Crippen LogP contribution in [0.4, 0.5) is 11.5 Å². The summed E-state index contributed by atoms with van der Waals surface area (Å²) in [6.07, 6.45) is 3.43. The molecule has 0 atom stereocenters. The maximum atomic E-state index is 12.5. The number of aromatic nitrogens is 1. The Labute approximate surface area is 169 Å². The number of hydrogen-bond donors (Lipinski definition) is 2. The minimum atomic E-state index is -0.425. The molecule has 6 heteroatoms. The lowest BCUT2D eigenvalue weighted by Crippen LogP contribution is -2.39. The molecule has 0 saturated heterocycles. The largest absolute Gasteiger partial charge is 0.366 e. The van der Waals surface area contributed by atoms with E-state index in [4.69, 9.17) is 5.73 Å². The van der Waals surface area contributed by atoms with Gasteiger partial charge in [0.05, 0.1) is 18.8 Å². The summed E-state index contributed by atoms with van der Waals surface area (Å²) in [6.45, 7) is 0.770. The Bertz CT molecular complexity index is 1030. The SMILES string of the molecule is NC(=O)c1ccc(CCc2cnc3c(c2)N(Cc2ccccc2)C(=O)CN3)cc1. The number of primary amides is 1. The van der Waals surface area contributed by atoms with Crippen molar-refractivity contribution in [2.75, 3.05) is 16.8 Å². The highest BCUT2D eigenvalue weighted by Gasteiger charge is 2.25. The lowest BCUT2D eigenvalue weighted by molar-refractivity contribution is -0.117. The summed E-state index contributed by atoms with van der Waals surface area (Å²) in [7, 11) is 0. The van der Waals surface area contributed by atoms with Crippen molar-refractivity contribution < 1.29 is 9.59 Å². The van der Waals surface area contributed by atoms with Crippen molar-refractivity contribution >= 4 is 23.3 Å². The Morgan fingerprint density at radius 3 is 2.45 bits per heavy atom. The summed E-state index contributed by atoms with van der Waals surface area (Å²) in [5.74, 6) is 0.337. The van der Waals surface area contributed by atoms with Gasteiger partial charge in [0.15, 0.2) is 0 Å². The molecule has 3 aromatic rings. The molecule has 0 bridgehead atoms. The van der Waals surface area contributed by atoms with Gasteiger partial charge < -0.3 is 16.0 Å². The fraction of sp³-hybridized carbons (Fsp3) is 0.174. The standard InChI is InChI=1S/C23H22N4O2/c24-22(29)19-10-8-16(9-11-19)6-7-18-12-20-23(25-13-18)26-14-21(28)27(20)15-17-4-2-1-3-5-17/h1-5,8-13H,6-7,14-15H2,(H2,24,29)(H,25,26). The van der Waals surface area contributed by atoms with Gasteiger partial charge >= 0.3 is 0 Å². The number of rotatable bonds is 6. The molecular formula is C23H22N4O2. The molecule has 2 aromatic carbocycles. The van der Waals surface area contributed by atoms with Crippen LogP contribution in [-0.4, -0.2) is 23.3 Å². The number of nitrogens with two attached hydrogens (primary N) is 1. The highest BCUT2D eigenvalue weighted by atomic mass is 16.2. The first-order chi connectivity index (χ1) is 14.1. The van der Waals surface area contributed by atoms with Crippen LogP contribution in [-0.2, 0) is 24.2 Å². The quantitative estimate of drug-likeness (QED) is 0.682. The second-order valence-electron chi connectivity index (χ2n) is 7.09. The van der Waals surface area contributed by atoms with E-state index in [1.807, 2.05) is 54.7 Å². The van der Waals surface area contributed by atoms with Crippen molar-refractivity contribution in [2.45, 2.75) is 19.4 Å². The molecule has 2 amide bonds. The lowest BCUT2D eigenvalue weighted by atomic mass is 10.0. The number of carbonyl (C=O) groups is 2. The molecule has 2 heterocycles. The van der Waals surface area contributed by atoms with Gasteiger partial charge in [-0.2, -0.15) is 0 Å². The second kappa shape index (κ2) is 8.14. The third kappa shape index (κ3) is 4.27. The van der Waals surface area contributed by atoms with Crippen LogP contribution >= 0.6 is 0 Å². The number of aryl methyl sites for hydroxylation is 2. The van der Waals surface area contributed by atoms with Crippen molar-refractivity contribution in [1.29, 1.82) is 0 Å². The third-order valence-corrected chi connectivity index (χ3v) is 5.05. The van der Waals surface area contributed by atoms with E-state index in [2.05, 4.69) is 10.3 Å². The van der Waals surface area contributed by atoms with Gasteiger partial charge in [0, 0.05) is 11.8 Å². The van der Waals surface area contributed by atoms with Gasteiger partial charge in [-0.1, -0.05) is 42.5 Å². The molecule has 3 N–H and O–H groups in total. The molecule has 0 radical (unpaired) electrons. The first-order valence-corrected chi connectivity index (χ1v) is 9.56. The van der Waals surface area contributed by atoms with Crippen LogP contribution in [0.1, 0.15) is 27.0 Å². The van der Waals surface area contributed by atoms with E-state index < -0.39 is 5.91 Å². The fourth-order valence-electron chi connectivity index (χ4n) is 3.43. The van der Waals surface area contributed by atoms with Crippen LogP contribution in [0, 0.1) is 0 Å². The Kier molecular flexibility index (Phi) is 5.24. The molecule has 4 rings (SSSR count). The molecule has 0 fully saturated rings. The molecular weight excluding hydrogens is 364 g/mol. The van der Waals surface area contributed by atoms with Crippen molar-refractivity contribution in [3.05, 3.63) is 89.1 Å². The molecule has 1 aromatic heterocycles. The zero-order valence-electron chi connectivity index (χ0n) is 16.0. The Hall–Kier alpha value is -3.67. The Morgan fingerprint density at radius 1 is 1.00 bits per heavy atom. The molecule has 1 aliphatic rings. The van der Waals surface area contributed by atoms with Crippen molar-refractivity contribution in [3.63, 3.8) is 0 Å². The number of anilines is 2. The van der Waals surface area contributed by atoms with E-state index in [1.165, 1.54) is 0 Å². The number of hydrogen-bond acceptors (Lipinski definition) is 4. The fourth-order valence-corrected chi connectivity index (χ4v) is 3.43. The average molecular weight is 386 g/mol. The molecule has 0 spiro atoms. The molecule has 29 heavy (non-hydrogen) atoms. The van der Waals surface area contributed by atoms with Crippen molar-refractivity contribution in [2.24, 2.45) is 5.73 Å². The zero-order valence-corrected chi connectivity index (χ0v) is 16.0. The number of pyridine rings is 1. The van der Waals surface area contributed by atoms with Crippen LogP contribution < -0.4 is 16.0 Å². The number of amides is 2. The number of nitrogens with zero attached hydrogens (tertiary/aromatic N) is 2. The predicted molar refractivity (Wildman–Crippen MR) is 113 cm³/mol. The van der Waals surface area contributed by atoms with Crippen LogP contribution in [0.5, 0.6) is 0 Å². The average Bonchev–Trinajstić information content (AvgIpc) is 2.75. The van der Waals surface area contributed by atoms with E-state index in [-0.39, 0.29) is 12.5 Å². The summed E-state index contributed by atoms with van der Waals surface area (Å²) in [5, 5.41) is 3.10. The number of fused-ring (bicyclic) bond motifs is 1. The van der Waals surface area contributed by atoms with Gasteiger partial charge in [0.25, 0.3) is 0 Å². The van der Waals surface area contributed by atoms with Crippen LogP contribution in [0.2, 0.25) is 0 Å². The summed E-state index contributed by atoms with van der Waals surface area (Å²) in [5.41, 5.74) is 9.85. The van der Waals surface area contributed by atoms with Gasteiger partial charge in [-0.25, -0.2) is 4.98 Å². The number of nitrogens with one attached hydrogen (secondary N) is 1. The maximum Gasteiger partial charge on any atom is 0.248 e. The molecule has 6 nitrogen and oxygen atoms in total. The molecule has 0 unspecified atom stereocenters. The topological polar surface area (TPSA) is 88.3 Å². The summed E-state index contributed by atoms with van der Waals surface area (Å²) >= 11 is 0. The summed E-state index contributed by atoms with van der Waals surface area (Å²) in [4.78, 5) is 30.0. The maximum absolute atomic E-state index is 12.5. The minimum Gasteiger partial charge on any atom is -0.366 e. The monoisotopic (exact) mass is 386 g/mol. The van der Waals surface area contributed by atoms with E-state index >= 15 is 0 Å². The van der Waals surface area contributed by atoms with E-state index in [0.29, 0.717) is 12.1 Å². The zero-order chi connectivity index (χ0) is 20.2. The van der Waals surface area contributed by atoms with Crippen LogP contribution in [0.15, 0.2) is 66.9 Å². The van der Waals surface area contributed by atoms with Crippen molar-refractivity contribution in [3.8, 4) is 0 Å². The summed E-state index contributed by atoms with van der Waals surface area (Å²) in [6, 6.07) is 19.3. The molecule has 0 saturated carbocycles. The van der Waals surface area contributed by atoms with E-state index in [9.17, 15) is 9.59 Å². The van der Waals surface area contributed by atoms with E-state index in [1.54, 1.807) is 17.0 Å². The van der Waals surface area contributed by atoms with Gasteiger partial charge in [-0.05, 0) is 47.7 Å². The predicted octanol–water partition coefficient (Wildman–Crippen LogP) is 2.92. The van der Waals surface area contributed by atoms with E-state index in [0.717, 1.165) is 41.0 Å². The Balaban J connectivity index is 1.51. The molecule has 1 aliphatic heterocycles. The van der Waals surface area contributed by atoms with Gasteiger partial charge in [-0.15, -0.1) is 0 Å². The summed E-state index contributed by atoms with van der Waals surface area (Å²) < 4.78 is 0. The number of benzene rings is 2. The normalized spacial score (nSPS) is 13.0. The highest BCUT2D eigenvalue weighted by molar-refractivity contribution is 6.01. The van der Waals surface area contributed by atoms with Gasteiger partial charge in [-0.3, -0.25) is 9.59 Å². The molecule has 0 aliphatic carbocycles. The van der Waals surface area contributed by atoms with Gasteiger partial charge in [0.1, 0.15) is 5.82 Å². The number of carbonyl (C=O) groups excluding carboxylic acids is 2. The second-order valence-corrected chi connectivity index (χ2v) is 7.09. The third-order valence-electron chi connectivity index (χ3n) is 5.05. The van der Waals surface area contributed by atoms with Crippen LogP contribution in [0.3, 0.4) is 0 Å². The highest BCUT2D eigenvalue weighted by Crippen LogP contribution is 2.30. The first-order valence-electron chi connectivity index (χ1n) is 9.56.